The molecule has 134 heteroatoms. The highest BCUT2D eigenvalue weighted by Gasteiger charge is 2.72. The molecular weight excluding hydrogens is 1450 g/mol. The van der Waals surface area contributed by atoms with Crippen LogP contribution in [0.5, 0.6) is 0 Å². The Morgan fingerprint density at radius 2 is 0.0597 bits per heavy atom. The molecule has 0 aliphatic rings. The Morgan fingerprint density at radius 1 is 0.0373 bits per heavy atom. The molecule has 0 aliphatic carbocycles. The van der Waals surface area contributed by atoms with Crippen LogP contribution in [0.3, 0.4) is 0 Å². The highest BCUT2D eigenvalue weighted by molar-refractivity contribution is 8.47. The van der Waals surface area contributed by atoms with Crippen LogP contribution in [0.4, 0.5) is 0 Å². The summed E-state index contributed by atoms with van der Waals surface area (Å²) in [5.41, 5.74) is 0. The van der Waals surface area contributed by atoms with Crippen molar-refractivity contribution in [3.63, 3.8) is 0 Å². The number of hydrogen-bond acceptors (Lipinski definition) is 0. The SMILES string of the molecule is [B]B([B])B(B([B])[B])B(B(B([B])[B])B([B])[B])B(B(B([B])[B])B([B])[B])B(B(B(B([B])[B])B([B])[B])B(B([B])[B])B([B])[B])B(B(B(B(B([B])[B])B([B])[B])B(B([B])[B])B([B])[B])B(B(B([B])[B])B([B])[B])B(B([B])[B])B([B])[B])B(B(B(B(B([B])[B])B([B])[B])B(B([B])[B])B([B])[B])B(B(B([B])[B])B([B])[B])B(B([B])[B])B([B])[B])B(B(B(B([B])[B])B([B])[B])B(B([B])[B])B([B])[B])B(B(B([B])[B])B([B])[B])B(B([B])[B])B([B])[B]. The predicted molar refractivity (Wildman–Crippen MR) is 771 cm³/mol. The van der Waals surface area contributed by atoms with Crippen molar-refractivity contribution in [3.8, 4) is 0 Å². The summed E-state index contributed by atoms with van der Waals surface area (Å²) < 4.78 is 0. The van der Waals surface area contributed by atoms with Gasteiger partial charge in [0.05, 0.1) is 0 Å². The third-order valence-electron chi connectivity index (χ3n) is 28.9. The van der Waals surface area contributed by atoms with E-state index in [1.54, 1.807) is 0 Å². The van der Waals surface area contributed by atoms with Gasteiger partial charge in [-0.25, -0.2) is 0 Å². The van der Waals surface area contributed by atoms with E-state index in [1.807, 2.05) is 0 Å². The maximum atomic E-state index is 7.62. The fourth-order valence-electron chi connectivity index (χ4n) is 24.6. The second-order valence-corrected chi connectivity index (χ2v) is 38.1. The van der Waals surface area contributed by atoms with Crippen molar-refractivity contribution < 1.29 is 0 Å². The summed E-state index contributed by atoms with van der Waals surface area (Å²) in [4.78, 5) is 0. The van der Waals surface area contributed by atoms with E-state index < -0.39 is 421 Å². The summed E-state index contributed by atoms with van der Waals surface area (Å²) >= 11 is 0. The van der Waals surface area contributed by atoms with Crippen LogP contribution in [0.1, 0.15) is 0 Å². The Balaban J connectivity index is 17.8. The van der Waals surface area contributed by atoms with Gasteiger partial charge in [0, 0.05) is 948 Å². The Morgan fingerprint density at radius 3 is 0.0896 bits per heavy atom. The van der Waals surface area contributed by atoms with Gasteiger partial charge in [0.15, 0.2) is 0 Å². The molecule has 0 saturated heterocycles. The van der Waals surface area contributed by atoms with Crippen molar-refractivity contribution in [1.82, 2.24) is 0 Å². The first-order valence-corrected chi connectivity index (χ1v) is 44.3. The molecule has 0 fully saturated rings. The highest BCUT2D eigenvalue weighted by atomic mass is 13.5. The average molecular weight is 1450 g/mol. The standard InChI is InChI=1S/B134/c1-69(2)103(70(3)4)120(104(71(5)6)72(7)8)128(119(101(65)66)102(67)68)132(127(117(97(57)58)98(59)60)118(99(61)62)100(63)64)134(131(125(113(89(41)42)90(43)44)114(91(45)46)92(47)48)126(115(93(49)50)94(51)52)116(95(53)54)96(55)56)133(129(121(105(73(9)10)74(11)12)106(75(13)14)76(15)16)122(107(77(17)18)78(19)20)108(79(21)22)80(23)24)130(123(109(81(25)26)82(27)28)110(83(29)30)84(31)32)124(111(85(33)34)86(35)36)112(87(37)38)88(39)40. The van der Waals surface area contributed by atoms with E-state index in [2.05, 4.69) is 0 Å². The van der Waals surface area contributed by atoms with E-state index in [0.717, 1.165) is 0 Å². The Labute approximate surface area is 937 Å². The van der Waals surface area contributed by atoms with Crippen LogP contribution in [-0.4, -0.2) is 948 Å². The first-order valence-electron chi connectivity index (χ1n) is 44.3. The predicted octanol–water partition coefficient (Wildman–Crippen LogP) is -51.0. The largest absolute Gasteiger partial charge is 0 e. The second-order valence-electron chi connectivity index (χ2n) is 38.1. The second kappa shape index (κ2) is 65.7. The van der Waals surface area contributed by atoms with Crippen LogP contribution in [0, 0.1) is 0 Å². The molecule has 0 saturated carbocycles. The van der Waals surface area contributed by atoms with Crippen molar-refractivity contribution in [2.45, 2.75) is 0 Å². The fourth-order valence-corrected chi connectivity index (χ4v) is 24.6. The maximum absolute atomic E-state index is 7.62. The summed E-state index contributed by atoms with van der Waals surface area (Å²) in [6.45, 7) is 0. The van der Waals surface area contributed by atoms with Crippen LogP contribution >= 0.6 is 0 Å². The van der Waals surface area contributed by atoms with Gasteiger partial charge in [0.25, 0.3) is 0 Å². The zero-order valence-corrected chi connectivity index (χ0v) is 77.4. The molecule has 0 spiro atoms. The van der Waals surface area contributed by atoms with Crippen LogP contribution in [-0.2, 0) is 0 Å². The summed E-state index contributed by atoms with van der Waals surface area (Å²) in [6.07, 6.45) is -148. The summed E-state index contributed by atoms with van der Waals surface area (Å²) in [5, 5.41) is 0. The molecule has 402 valence electrons. The van der Waals surface area contributed by atoms with Gasteiger partial charge in [-0.1, -0.05) is 0 Å². The first-order chi connectivity index (χ1) is 60.9. The van der Waals surface area contributed by atoms with Crippen molar-refractivity contribution in [2.24, 2.45) is 0 Å². The van der Waals surface area contributed by atoms with E-state index >= 15 is 0 Å². The fraction of sp³-hybridized carbons (Fsp3) is 0. The summed E-state index contributed by atoms with van der Waals surface area (Å²) in [5.74, 6) is 0. The zero-order chi connectivity index (χ0) is 106. The quantitative estimate of drug-likeness (QED) is 0.0533. The molecule has 0 amide bonds. The molecule has 0 N–H and O–H groups in total. The van der Waals surface area contributed by atoms with Crippen LogP contribution in [0.15, 0.2) is 0 Å². The minimum atomic E-state index is -2.92. The van der Waals surface area contributed by atoms with Gasteiger partial charge in [0.2, 0.25) is 0 Å². The van der Waals surface area contributed by atoms with E-state index in [-0.39, 0.29) is 0 Å². The molecule has 0 aromatic heterocycles. The van der Waals surface area contributed by atoms with Gasteiger partial charge in [-0.3, -0.25) is 0 Å². The smallest absolute Gasteiger partial charge is 0 e. The monoisotopic (exact) mass is 1480 g/mol. The Hall–Kier alpha value is 8.70. The van der Waals surface area contributed by atoms with Crippen molar-refractivity contribution in [1.29, 1.82) is 0 Å². The molecule has 0 unspecified atom stereocenters. The van der Waals surface area contributed by atoms with Gasteiger partial charge in [-0.15, -0.1) is 0 Å². The van der Waals surface area contributed by atoms with Gasteiger partial charge in [-0.05, 0) is 0 Å². The Kier molecular flexibility index (Phi) is 69.9. The van der Waals surface area contributed by atoms with Gasteiger partial charge in [0.1, 0.15) is 0 Å². The molecule has 0 rings (SSSR count). The van der Waals surface area contributed by atoms with Crippen LogP contribution < -0.4 is 0 Å². The third-order valence-corrected chi connectivity index (χ3v) is 28.9. The molecule has 0 atom stereocenters. The lowest BCUT2D eigenvalue weighted by Crippen LogP contribution is -3.03. The summed E-state index contributed by atoms with van der Waals surface area (Å²) in [6, 6.07) is 0. The zero-order valence-electron chi connectivity index (χ0n) is 77.4. The average Bonchev–Trinajstić information content (AvgIpc) is 0.696. The lowest BCUT2D eigenvalue weighted by molar-refractivity contribution is 3.10. The van der Waals surface area contributed by atoms with Gasteiger partial charge in [-0.2, -0.15) is 0 Å². The normalized spacial score (nSPS) is 9.88. The van der Waals surface area contributed by atoms with Crippen LogP contribution in [0.2, 0.25) is 0 Å². The van der Waals surface area contributed by atoms with Crippen LogP contribution in [0.25, 0.3) is 0 Å². The van der Waals surface area contributed by atoms with Gasteiger partial charge < -0.3 is 0 Å². The van der Waals surface area contributed by atoms with E-state index in [4.69, 9.17) is 526 Å². The molecule has 0 aromatic carbocycles. The van der Waals surface area contributed by atoms with Crippen molar-refractivity contribution in [2.75, 3.05) is 0 Å². The third kappa shape index (κ3) is 38.0. The first kappa shape index (κ1) is 143. The summed E-state index contributed by atoms with van der Waals surface area (Å²) in [7, 11) is 508. The molecule has 0 heterocycles. The maximum Gasteiger partial charge on any atom is 0 e. The van der Waals surface area contributed by atoms with Crippen molar-refractivity contribution in [3.05, 3.63) is 0 Å². The molecule has 0 bridgehead atoms. The number of hydrogen-bond donors (Lipinski definition) is 0. The Bertz CT molecular complexity index is 2310. The van der Waals surface area contributed by atoms with Crippen molar-refractivity contribution >= 4 is 948 Å². The molecule has 0 aliphatic heterocycles. The molecule has 134 heavy (non-hydrogen) atoms. The minimum absolute atomic E-state index is 2.04. The topological polar surface area (TPSA) is 0 Å². The molecule has 0 nitrogen and oxygen atoms in total. The molecule has 0 aromatic rings. The molecular formula is B134. The lowest BCUT2D eigenvalue weighted by Gasteiger charge is -2.65. The lowest BCUT2D eigenvalue weighted by atomic mass is 8.16. The van der Waals surface area contributed by atoms with E-state index in [1.165, 1.54) is 0 Å². The van der Waals surface area contributed by atoms with E-state index in [9.17, 15) is 0 Å². The molecule has 136 radical (unpaired) electrons. The van der Waals surface area contributed by atoms with E-state index in [0.29, 0.717) is 0 Å². The highest BCUT2D eigenvalue weighted by Crippen LogP contribution is 2.34. The number of rotatable bonds is 65. The van der Waals surface area contributed by atoms with Gasteiger partial charge >= 0.3 is 0 Å². The minimum Gasteiger partial charge on any atom is 0 e.